The van der Waals surface area contributed by atoms with E-state index in [4.69, 9.17) is 0 Å². The molecule has 16 heavy (non-hydrogen) atoms. The second kappa shape index (κ2) is 4.73. The van der Waals surface area contributed by atoms with Crippen molar-refractivity contribution in [2.75, 3.05) is 26.2 Å². The molecular formula is C11H15ClN2OS. The molecule has 2 fully saturated rings. The molecule has 1 amide bonds. The topological polar surface area (TPSA) is 32.3 Å². The van der Waals surface area contributed by atoms with Gasteiger partial charge in [-0.05, 0) is 23.3 Å². The molecule has 2 aliphatic rings. The fourth-order valence-electron chi connectivity index (χ4n) is 2.58. The van der Waals surface area contributed by atoms with Crippen LogP contribution >= 0.6 is 23.7 Å². The second-order valence-electron chi connectivity index (χ2n) is 4.37. The van der Waals surface area contributed by atoms with Crippen molar-refractivity contribution >= 4 is 29.7 Å². The van der Waals surface area contributed by atoms with Crippen LogP contribution < -0.4 is 5.32 Å². The Balaban J connectivity index is 0.000000963. The molecule has 3 rings (SSSR count). The van der Waals surface area contributed by atoms with E-state index in [0.29, 0.717) is 11.8 Å². The molecule has 1 N–H and O–H groups in total. The average molecular weight is 259 g/mol. The molecule has 5 heteroatoms. The van der Waals surface area contributed by atoms with Gasteiger partial charge >= 0.3 is 0 Å². The molecule has 1 aromatic heterocycles. The van der Waals surface area contributed by atoms with Crippen molar-refractivity contribution in [3.05, 3.63) is 22.4 Å². The Morgan fingerprint density at radius 1 is 1.38 bits per heavy atom. The number of nitrogens with one attached hydrogen (secondary N) is 1. The molecule has 3 heterocycles. The number of rotatable bonds is 1. The predicted molar refractivity (Wildman–Crippen MR) is 67.3 cm³/mol. The van der Waals surface area contributed by atoms with Crippen LogP contribution in [0.25, 0.3) is 0 Å². The lowest BCUT2D eigenvalue weighted by molar-refractivity contribution is 0.0786. The number of carbonyl (C=O) groups is 1. The molecule has 0 bridgehead atoms. The van der Waals surface area contributed by atoms with E-state index in [2.05, 4.69) is 5.32 Å². The number of fused-ring (bicyclic) bond motifs is 1. The third-order valence-electron chi connectivity index (χ3n) is 3.41. The number of carbonyl (C=O) groups excluding carboxylic acids is 1. The molecule has 0 radical (unpaired) electrons. The lowest BCUT2D eigenvalue weighted by atomic mass is 10.0. The first-order chi connectivity index (χ1) is 7.34. The lowest BCUT2D eigenvalue weighted by Gasteiger charge is -2.16. The number of nitrogens with zero attached hydrogens (tertiary/aromatic N) is 1. The van der Waals surface area contributed by atoms with Gasteiger partial charge in [-0.3, -0.25) is 4.79 Å². The van der Waals surface area contributed by atoms with Gasteiger partial charge in [0.25, 0.3) is 5.91 Å². The predicted octanol–water partition coefficient (Wildman–Crippen LogP) is 1.46. The number of hydrogen-bond acceptors (Lipinski definition) is 3. The number of thiophene rings is 1. The highest BCUT2D eigenvalue weighted by Crippen LogP contribution is 2.28. The van der Waals surface area contributed by atoms with Crippen LogP contribution in [-0.2, 0) is 0 Å². The van der Waals surface area contributed by atoms with Crippen molar-refractivity contribution < 1.29 is 4.79 Å². The summed E-state index contributed by atoms with van der Waals surface area (Å²) in [6.45, 7) is 4.04. The summed E-state index contributed by atoms with van der Waals surface area (Å²) in [6.07, 6.45) is 0. The number of halogens is 1. The summed E-state index contributed by atoms with van der Waals surface area (Å²) < 4.78 is 0. The Labute approximate surface area is 105 Å². The van der Waals surface area contributed by atoms with Gasteiger partial charge < -0.3 is 10.2 Å². The maximum absolute atomic E-state index is 12.1. The van der Waals surface area contributed by atoms with Crippen LogP contribution in [0.1, 0.15) is 9.67 Å². The average Bonchev–Trinajstić information content (AvgIpc) is 2.92. The minimum Gasteiger partial charge on any atom is -0.337 e. The van der Waals surface area contributed by atoms with E-state index >= 15 is 0 Å². The Bertz CT molecular complexity index is 356. The maximum Gasteiger partial charge on any atom is 0.263 e. The first kappa shape index (κ1) is 11.9. The highest BCUT2D eigenvalue weighted by molar-refractivity contribution is 7.12. The van der Waals surface area contributed by atoms with Crippen LogP contribution in [0, 0.1) is 11.8 Å². The summed E-state index contributed by atoms with van der Waals surface area (Å²) in [5, 5.41) is 5.35. The van der Waals surface area contributed by atoms with Gasteiger partial charge in [0.15, 0.2) is 0 Å². The monoisotopic (exact) mass is 258 g/mol. The van der Waals surface area contributed by atoms with E-state index in [1.54, 1.807) is 0 Å². The zero-order valence-corrected chi connectivity index (χ0v) is 10.5. The van der Waals surface area contributed by atoms with Gasteiger partial charge in [-0.2, -0.15) is 0 Å². The van der Waals surface area contributed by atoms with Gasteiger partial charge in [-0.25, -0.2) is 0 Å². The molecular weight excluding hydrogens is 244 g/mol. The van der Waals surface area contributed by atoms with Crippen LogP contribution in [0.15, 0.2) is 17.5 Å². The minimum atomic E-state index is 0. The Morgan fingerprint density at radius 3 is 2.62 bits per heavy atom. The molecule has 2 saturated heterocycles. The molecule has 2 atom stereocenters. The summed E-state index contributed by atoms with van der Waals surface area (Å²) in [5.74, 6) is 1.60. The van der Waals surface area contributed by atoms with Gasteiger partial charge in [0.1, 0.15) is 0 Å². The fraction of sp³-hybridized carbons (Fsp3) is 0.545. The summed E-state index contributed by atoms with van der Waals surface area (Å²) >= 11 is 1.54. The van der Waals surface area contributed by atoms with Crippen molar-refractivity contribution in [2.45, 2.75) is 0 Å². The Hall–Kier alpha value is -0.580. The van der Waals surface area contributed by atoms with E-state index in [-0.39, 0.29) is 18.3 Å². The molecule has 0 aromatic carbocycles. The largest absolute Gasteiger partial charge is 0.337 e. The van der Waals surface area contributed by atoms with Gasteiger partial charge in [0.2, 0.25) is 0 Å². The first-order valence-corrected chi connectivity index (χ1v) is 6.26. The summed E-state index contributed by atoms with van der Waals surface area (Å²) in [4.78, 5) is 14.9. The van der Waals surface area contributed by atoms with Crippen molar-refractivity contribution in [1.82, 2.24) is 10.2 Å². The van der Waals surface area contributed by atoms with E-state index in [1.807, 2.05) is 22.4 Å². The van der Waals surface area contributed by atoms with E-state index < -0.39 is 0 Å². The third kappa shape index (κ3) is 1.97. The molecule has 2 aliphatic heterocycles. The summed E-state index contributed by atoms with van der Waals surface area (Å²) in [6, 6.07) is 3.86. The molecule has 1 aromatic rings. The van der Waals surface area contributed by atoms with Crippen LogP contribution in [-0.4, -0.2) is 37.0 Å². The Kier molecular flexibility index (Phi) is 3.52. The van der Waals surface area contributed by atoms with Gasteiger partial charge in [-0.1, -0.05) is 6.07 Å². The zero-order chi connectivity index (χ0) is 10.3. The minimum absolute atomic E-state index is 0. The van der Waals surface area contributed by atoms with E-state index in [0.717, 1.165) is 31.1 Å². The lowest BCUT2D eigenvalue weighted by Crippen LogP contribution is -2.31. The van der Waals surface area contributed by atoms with Gasteiger partial charge in [0.05, 0.1) is 4.88 Å². The molecule has 0 unspecified atom stereocenters. The molecule has 3 nitrogen and oxygen atoms in total. The second-order valence-corrected chi connectivity index (χ2v) is 5.31. The summed E-state index contributed by atoms with van der Waals surface area (Å²) in [5.41, 5.74) is 0. The van der Waals surface area contributed by atoms with Crippen molar-refractivity contribution in [3.8, 4) is 0 Å². The van der Waals surface area contributed by atoms with Crippen molar-refractivity contribution in [2.24, 2.45) is 11.8 Å². The van der Waals surface area contributed by atoms with E-state index in [9.17, 15) is 4.79 Å². The molecule has 88 valence electrons. The van der Waals surface area contributed by atoms with E-state index in [1.165, 1.54) is 11.3 Å². The zero-order valence-electron chi connectivity index (χ0n) is 8.89. The van der Waals surface area contributed by atoms with Crippen LogP contribution in [0.3, 0.4) is 0 Å². The molecule has 0 aliphatic carbocycles. The van der Waals surface area contributed by atoms with Gasteiger partial charge in [0, 0.05) is 26.2 Å². The maximum atomic E-state index is 12.1. The third-order valence-corrected chi connectivity index (χ3v) is 4.27. The SMILES string of the molecule is Cl.O=C(c1cccs1)N1C[C@H]2CNC[C@H]2C1. The number of likely N-dealkylation sites (tertiary alicyclic amines) is 1. The molecule has 0 spiro atoms. The highest BCUT2D eigenvalue weighted by Gasteiger charge is 2.38. The summed E-state index contributed by atoms with van der Waals surface area (Å²) in [7, 11) is 0. The van der Waals surface area contributed by atoms with Crippen LogP contribution in [0.4, 0.5) is 0 Å². The highest BCUT2D eigenvalue weighted by atomic mass is 35.5. The van der Waals surface area contributed by atoms with Crippen LogP contribution in [0.2, 0.25) is 0 Å². The molecule has 0 saturated carbocycles. The fourth-order valence-corrected chi connectivity index (χ4v) is 3.27. The van der Waals surface area contributed by atoms with Crippen molar-refractivity contribution in [3.63, 3.8) is 0 Å². The number of amides is 1. The van der Waals surface area contributed by atoms with Crippen LogP contribution in [0.5, 0.6) is 0 Å². The first-order valence-electron chi connectivity index (χ1n) is 5.38. The van der Waals surface area contributed by atoms with Gasteiger partial charge in [-0.15, -0.1) is 23.7 Å². The Morgan fingerprint density at radius 2 is 2.06 bits per heavy atom. The van der Waals surface area contributed by atoms with Crippen molar-refractivity contribution in [1.29, 1.82) is 0 Å². The quantitative estimate of drug-likeness (QED) is 0.827. The normalized spacial score (nSPS) is 27.6. The standard InChI is InChI=1S/C11H14N2OS.ClH/c14-11(10-2-1-3-15-10)13-6-8-4-12-5-9(8)7-13;/h1-3,8-9,12H,4-7H2;1H/t8-,9+;. The number of hydrogen-bond donors (Lipinski definition) is 1. The smallest absolute Gasteiger partial charge is 0.263 e.